The molecule has 0 atom stereocenters. The van der Waals surface area contributed by atoms with E-state index in [1.54, 1.807) is 34.6 Å². The number of nitriles is 1. The van der Waals surface area contributed by atoms with Gasteiger partial charge in [-0.25, -0.2) is 4.39 Å². The van der Waals surface area contributed by atoms with Crippen molar-refractivity contribution in [3.8, 4) is 6.07 Å². The number of thiocarbonyl (C=S) groups is 1. The molecule has 42 heavy (non-hydrogen) atoms. The Morgan fingerprint density at radius 3 is 2.33 bits per heavy atom. The number of rotatable bonds is 8. The second kappa shape index (κ2) is 12.9. The van der Waals surface area contributed by atoms with Gasteiger partial charge in [-0.1, -0.05) is 73.4 Å². The first kappa shape index (κ1) is 29.5. The number of nitrogens with zero attached hydrogens (tertiary/aromatic N) is 5. The fourth-order valence-corrected chi connectivity index (χ4v) is 6.78. The van der Waals surface area contributed by atoms with Crippen LogP contribution >= 0.6 is 24.0 Å². The summed E-state index contributed by atoms with van der Waals surface area (Å²) in [6.07, 6.45) is 3.16. The third kappa shape index (κ3) is 5.85. The Bertz CT molecular complexity index is 1640. The Morgan fingerprint density at radius 1 is 1.00 bits per heavy atom. The summed E-state index contributed by atoms with van der Waals surface area (Å²) in [7, 11) is 0. The number of aromatic nitrogens is 1. The minimum absolute atomic E-state index is 0.0722. The van der Waals surface area contributed by atoms with E-state index in [4.69, 9.17) is 12.2 Å². The fourth-order valence-electron chi connectivity index (χ4n) is 5.49. The number of hydrogen-bond acceptors (Lipinski definition) is 7. The minimum Gasteiger partial charge on any atom is -0.366 e. The monoisotopic (exact) mass is 601 g/mol. The molecule has 3 heterocycles. The van der Waals surface area contributed by atoms with Crippen LogP contribution in [0.3, 0.4) is 0 Å². The number of pyridine rings is 1. The molecule has 0 bridgehead atoms. The van der Waals surface area contributed by atoms with Crippen molar-refractivity contribution in [1.82, 2.24) is 9.47 Å². The van der Waals surface area contributed by atoms with Crippen LogP contribution in [0.5, 0.6) is 0 Å². The summed E-state index contributed by atoms with van der Waals surface area (Å²) in [4.78, 5) is 33.3. The molecule has 2 fully saturated rings. The molecule has 2 aromatic carbocycles. The molecule has 216 valence electrons. The van der Waals surface area contributed by atoms with Crippen LogP contribution in [0.15, 0.2) is 64.3 Å². The Morgan fingerprint density at radius 2 is 1.67 bits per heavy atom. The molecule has 2 aliphatic rings. The molecule has 0 radical (unpaired) electrons. The van der Waals surface area contributed by atoms with Crippen molar-refractivity contribution < 1.29 is 9.18 Å². The average molecular weight is 602 g/mol. The van der Waals surface area contributed by atoms with Crippen molar-refractivity contribution in [3.05, 3.63) is 97.9 Å². The summed E-state index contributed by atoms with van der Waals surface area (Å²) >= 11 is 6.84. The van der Waals surface area contributed by atoms with Crippen LogP contribution in [0, 0.1) is 24.1 Å². The standard InChI is InChI=1S/C32H32FN5O2S2/c1-3-14-37-29(36-18-16-35(17-19-36)27-12-8-7-11-26(27)33)24(22(2)25(21-34)30(37)39)20-28-31(40)38(32(41)42-28)15-13-23-9-5-4-6-10-23/h4-12,20H,3,13-19H2,1-2H3/b28-20+. The second-order valence-corrected chi connectivity index (χ2v) is 12.0. The number of piperazine rings is 1. The maximum Gasteiger partial charge on any atom is 0.270 e. The number of benzene rings is 2. The van der Waals surface area contributed by atoms with E-state index in [-0.39, 0.29) is 22.8 Å². The van der Waals surface area contributed by atoms with E-state index < -0.39 is 0 Å². The predicted molar refractivity (Wildman–Crippen MR) is 171 cm³/mol. The van der Waals surface area contributed by atoms with Gasteiger partial charge in [0.2, 0.25) is 0 Å². The number of hydrogen-bond donors (Lipinski definition) is 0. The van der Waals surface area contributed by atoms with Crippen LogP contribution in [0.2, 0.25) is 0 Å². The number of thioether (sulfide) groups is 1. The Labute approximate surface area is 254 Å². The molecule has 7 nitrogen and oxygen atoms in total. The molecule has 3 aromatic rings. The number of halogens is 1. The van der Waals surface area contributed by atoms with Gasteiger partial charge in [-0.15, -0.1) is 0 Å². The molecule has 2 saturated heterocycles. The zero-order valence-electron chi connectivity index (χ0n) is 23.7. The summed E-state index contributed by atoms with van der Waals surface area (Å²) in [5, 5.41) is 9.94. The van der Waals surface area contributed by atoms with Gasteiger partial charge in [0, 0.05) is 44.8 Å². The van der Waals surface area contributed by atoms with Gasteiger partial charge in [-0.3, -0.25) is 19.1 Å². The van der Waals surface area contributed by atoms with E-state index in [1.807, 2.05) is 48.2 Å². The molecule has 2 aliphatic heterocycles. The van der Waals surface area contributed by atoms with Gasteiger partial charge in [0.05, 0.1) is 10.6 Å². The smallest absolute Gasteiger partial charge is 0.270 e. The van der Waals surface area contributed by atoms with Crippen molar-refractivity contribution in [1.29, 1.82) is 5.26 Å². The SMILES string of the molecule is CCCn1c(N2CCN(c3ccccc3F)CC2)c(/C=C2/SC(=S)N(CCc3ccccc3)C2=O)c(C)c(C#N)c1=O. The van der Waals surface area contributed by atoms with Gasteiger partial charge in [0.1, 0.15) is 27.6 Å². The van der Waals surface area contributed by atoms with Crippen LogP contribution in [0.25, 0.3) is 6.08 Å². The number of anilines is 2. The number of para-hydroxylation sites is 1. The molecule has 0 N–H and O–H groups in total. The normalized spacial score (nSPS) is 16.4. The predicted octanol–water partition coefficient (Wildman–Crippen LogP) is 5.35. The Balaban J connectivity index is 1.50. The van der Waals surface area contributed by atoms with E-state index in [0.717, 1.165) is 5.56 Å². The highest BCUT2D eigenvalue weighted by Gasteiger charge is 2.33. The highest BCUT2D eigenvalue weighted by molar-refractivity contribution is 8.26. The van der Waals surface area contributed by atoms with Gasteiger partial charge in [0.25, 0.3) is 11.5 Å². The number of carbonyl (C=O) groups is 1. The lowest BCUT2D eigenvalue weighted by Gasteiger charge is -2.39. The van der Waals surface area contributed by atoms with Gasteiger partial charge in [0.15, 0.2) is 0 Å². The van der Waals surface area contributed by atoms with Crippen molar-refractivity contribution >= 4 is 51.8 Å². The van der Waals surface area contributed by atoms with Crippen LogP contribution < -0.4 is 15.4 Å². The van der Waals surface area contributed by atoms with E-state index in [1.165, 1.54) is 17.8 Å². The number of carbonyl (C=O) groups excluding carboxylic acids is 1. The summed E-state index contributed by atoms with van der Waals surface area (Å²) < 4.78 is 16.7. The fraction of sp³-hybridized carbons (Fsp3) is 0.312. The van der Waals surface area contributed by atoms with Crippen molar-refractivity contribution in [3.63, 3.8) is 0 Å². The summed E-state index contributed by atoms with van der Waals surface area (Å²) in [6.45, 7) is 6.84. The van der Waals surface area contributed by atoms with Crippen molar-refractivity contribution in [2.75, 3.05) is 42.5 Å². The number of amides is 1. The van der Waals surface area contributed by atoms with Gasteiger partial charge in [-0.2, -0.15) is 5.26 Å². The Kier molecular flexibility index (Phi) is 9.09. The third-order valence-corrected chi connectivity index (χ3v) is 9.06. The van der Waals surface area contributed by atoms with E-state index in [9.17, 15) is 19.2 Å². The molecule has 1 aromatic heterocycles. The Hall–Kier alpha value is -3.94. The molecule has 5 rings (SSSR count). The average Bonchev–Trinajstić information content (AvgIpc) is 3.27. The van der Waals surface area contributed by atoms with E-state index in [2.05, 4.69) is 11.0 Å². The maximum absolute atomic E-state index is 14.5. The minimum atomic E-state index is -0.337. The van der Waals surface area contributed by atoms with E-state index in [0.29, 0.717) is 84.0 Å². The molecular weight excluding hydrogens is 570 g/mol. The topological polar surface area (TPSA) is 72.6 Å². The quantitative estimate of drug-likeness (QED) is 0.255. The molecule has 1 amide bonds. The highest BCUT2D eigenvalue weighted by atomic mass is 32.2. The zero-order chi connectivity index (χ0) is 29.8. The molecular formula is C32H32FN5O2S2. The molecule has 0 aliphatic carbocycles. The first-order chi connectivity index (χ1) is 20.3. The lowest BCUT2D eigenvalue weighted by molar-refractivity contribution is -0.122. The largest absolute Gasteiger partial charge is 0.366 e. The van der Waals surface area contributed by atoms with Crippen LogP contribution in [-0.4, -0.2) is 52.4 Å². The van der Waals surface area contributed by atoms with Crippen molar-refractivity contribution in [2.24, 2.45) is 0 Å². The van der Waals surface area contributed by atoms with Gasteiger partial charge in [-0.05, 0) is 49.1 Å². The van der Waals surface area contributed by atoms with E-state index >= 15 is 0 Å². The highest BCUT2D eigenvalue weighted by Crippen LogP contribution is 2.36. The lowest BCUT2D eigenvalue weighted by atomic mass is 10.0. The lowest BCUT2D eigenvalue weighted by Crippen LogP contribution is -2.49. The summed E-state index contributed by atoms with van der Waals surface area (Å²) in [6, 6.07) is 18.8. The molecule has 10 heteroatoms. The van der Waals surface area contributed by atoms with Gasteiger partial charge >= 0.3 is 0 Å². The first-order valence-corrected chi connectivity index (χ1v) is 15.3. The second-order valence-electron chi connectivity index (χ2n) is 10.3. The molecule has 0 spiro atoms. The van der Waals surface area contributed by atoms with Crippen molar-refractivity contribution in [2.45, 2.75) is 33.2 Å². The molecule has 0 unspecified atom stereocenters. The third-order valence-electron chi connectivity index (χ3n) is 7.68. The molecule has 0 saturated carbocycles. The first-order valence-electron chi connectivity index (χ1n) is 14.0. The summed E-state index contributed by atoms with van der Waals surface area (Å²) in [5.41, 5.74) is 2.62. The van der Waals surface area contributed by atoms with Crippen LogP contribution in [0.1, 0.15) is 35.6 Å². The van der Waals surface area contributed by atoms with Crippen LogP contribution in [0.4, 0.5) is 15.9 Å². The van der Waals surface area contributed by atoms with Gasteiger partial charge < -0.3 is 9.80 Å². The summed E-state index contributed by atoms with van der Waals surface area (Å²) in [5.74, 6) is 0.238. The van der Waals surface area contributed by atoms with Crippen LogP contribution in [-0.2, 0) is 17.8 Å². The maximum atomic E-state index is 14.5. The zero-order valence-corrected chi connectivity index (χ0v) is 25.3.